The minimum Gasteiger partial charge on any atom is -0.508 e. The van der Waals surface area contributed by atoms with Gasteiger partial charge in [-0.15, -0.1) is 0 Å². The van der Waals surface area contributed by atoms with Gasteiger partial charge in [-0.3, -0.25) is 24.2 Å². The zero-order valence-electron chi connectivity index (χ0n) is 22.1. The number of carbonyl (C=O) groups excluding carboxylic acids is 4. The number of carboxylic acids is 1. The number of rotatable bonds is 16. The molecule has 220 valence electrons. The number of phenols is 1. The molecule has 1 aromatic rings. The monoisotopic (exact) mass is 562 g/mol. The third kappa shape index (κ3) is 11.1. The number of hydrogen-bond acceptors (Lipinski definition) is 8. The fourth-order valence-corrected chi connectivity index (χ4v) is 4.12. The first-order valence-corrected chi connectivity index (χ1v) is 12.9. The average Bonchev–Trinajstić information content (AvgIpc) is 3.44. The molecule has 15 nitrogen and oxygen atoms in total. The number of hydrogen-bond donors (Lipinski definition) is 9. The zero-order chi connectivity index (χ0) is 29.7. The van der Waals surface area contributed by atoms with Crippen LogP contribution in [0.4, 0.5) is 0 Å². The van der Waals surface area contributed by atoms with Gasteiger partial charge in [0.1, 0.15) is 23.9 Å². The summed E-state index contributed by atoms with van der Waals surface area (Å²) in [6.07, 6.45) is 1.33. The Hall–Kier alpha value is -4.40. The molecule has 1 aromatic carbocycles. The third-order valence-electron chi connectivity index (χ3n) is 6.26. The van der Waals surface area contributed by atoms with E-state index in [0.717, 1.165) is 6.42 Å². The van der Waals surface area contributed by atoms with E-state index in [2.05, 4.69) is 26.3 Å². The van der Waals surface area contributed by atoms with Crippen LogP contribution in [0.15, 0.2) is 29.3 Å². The molecule has 0 bridgehead atoms. The van der Waals surface area contributed by atoms with Gasteiger partial charge in [0.25, 0.3) is 0 Å². The van der Waals surface area contributed by atoms with Crippen molar-refractivity contribution in [3.05, 3.63) is 29.8 Å². The number of aliphatic imine (C=N–C) groups is 1. The van der Waals surface area contributed by atoms with Gasteiger partial charge in [-0.25, -0.2) is 4.79 Å². The number of phenolic OH excluding ortho intramolecular Hbond substituents is 1. The fraction of sp³-hybridized carbons (Fsp3) is 0.520. The normalized spacial score (nSPS) is 16.6. The highest BCUT2D eigenvalue weighted by Crippen LogP contribution is 2.12. The predicted octanol–water partition coefficient (Wildman–Crippen LogP) is -2.46. The summed E-state index contributed by atoms with van der Waals surface area (Å²) in [4.78, 5) is 66.2. The number of nitrogens with zero attached hydrogens (tertiary/aromatic N) is 1. The van der Waals surface area contributed by atoms with Gasteiger partial charge in [0.15, 0.2) is 5.96 Å². The summed E-state index contributed by atoms with van der Waals surface area (Å²) < 4.78 is 0. The lowest BCUT2D eigenvalue weighted by atomic mass is 10.0. The second kappa shape index (κ2) is 15.9. The van der Waals surface area contributed by atoms with Gasteiger partial charge in [-0.1, -0.05) is 12.1 Å². The topological polar surface area (TPSA) is 264 Å². The number of amides is 4. The zero-order valence-corrected chi connectivity index (χ0v) is 22.1. The van der Waals surface area contributed by atoms with Gasteiger partial charge < -0.3 is 48.7 Å². The summed E-state index contributed by atoms with van der Waals surface area (Å²) in [5.41, 5.74) is 16.5. The summed E-state index contributed by atoms with van der Waals surface area (Å²) >= 11 is 0. The molecule has 1 aliphatic rings. The lowest BCUT2D eigenvalue weighted by molar-refractivity contribution is -0.142. The molecule has 40 heavy (non-hydrogen) atoms. The van der Waals surface area contributed by atoms with Gasteiger partial charge in [0, 0.05) is 19.4 Å². The number of nitrogens with two attached hydrogens (primary N) is 3. The molecular formula is C25H38N8O7. The molecule has 12 N–H and O–H groups in total. The number of primary amides is 1. The summed E-state index contributed by atoms with van der Waals surface area (Å²) in [7, 11) is 0. The van der Waals surface area contributed by atoms with Crippen LogP contribution in [0.2, 0.25) is 0 Å². The van der Waals surface area contributed by atoms with E-state index in [-0.39, 0.29) is 49.8 Å². The Kier molecular flexibility index (Phi) is 12.6. The first kappa shape index (κ1) is 31.8. The maximum absolute atomic E-state index is 13.3. The average molecular weight is 563 g/mol. The number of aromatic hydroxyl groups is 1. The number of nitrogens with one attached hydrogen (secondary N) is 4. The molecule has 15 heteroatoms. The first-order valence-electron chi connectivity index (χ1n) is 12.9. The lowest BCUT2D eigenvalue weighted by Crippen LogP contribution is -2.57. The van der Waals surface area contributed by atoms with Crippen LogP contribution in [0.3, 0.4) is 0 Å². The molecule has 4 amide bonds. The highest BCUT2D eigenvalue weighted by molar-refractivity contribution is 5.94. The Bertz CT molecular complexity index is 1070. The molecule has 0 aliphatic carbocycles. The highest BCUT2D eigenvalue weighted by atomic mass is 16.4. The molecule has 1 aliphatic heterocycles. The van der Waals surface area contributed by atoms with E-state index in [0.29, 0.717) is 24.9 Å². The number of benzene rings is 1. The quantitative estimate of drug-likeness (QED) is 0.0583. The molecule has 0 aromatic heterocycles. The highest BCUT2D eigenvalue weighted by Gasteiger charge is 2.31. The Balaban J connectivity index is 2.15. The molecule has 0 radical (unpaired) electrons. The van der Waals surface area contributed by atoms with Crippen molar-refractivity contribution in [2.24, 2.45) is 22.2 Å². The fourth-order valence-electron chi connectivity index (χ4n) is 4.12. The van der Waals surface area contributed by atoms with Crippen molar-refractivity contribution in [1.82, 2.24) is 21.3 Å². The Labute approximate surface area is 231 Å². The molecule has 4 atom stereocenters. The summed E-state index contributed by atoms with van der Waals surface area (Å²) in [6.45, 7) is 0.872. The molecule has 1 saturated heterocycles. The molecule has 0 spiro atoms. The minimum absolute atomic E-state index is 0.00227. The van der Waals surface area contributed by atoms with E-state index in [1.165, 1.54) is 24.3 Å². The summed E-state index contributed by atoms with van der Waals surface area (Å²) in [6, 6.07) is 1.59. The second-order valence-electron chi connectivity index (χ2n) is 9.50. The SMILES string of the molecule is NC(=O)CCC(NC(=O)C(CCCN=C(N)N)NC(=O)C1CCCN1)C(=O)NC(Cc1ccc(O)cc1)C(=O)O. The number of guanidine groups is 1. The van der Waals surface area contributed by atoms with Crippen LogP contribution in [0, 0.1) is 0 Å². The van der Waals surface area contributed by atoms with Gasteiger partial charge in [-0.05, 0) is 56.3 Å². The van der Waals surface area contributed by atoms with E-state index in [4.69, 9.17) is 17.2 Å². The van der Waals surface area contributed by atoms with Crippen LogP contribution in [0.5, 0.6) is 5.75 Å². The Morgan fingerprint density at radius 1 is 0.950 bits per heavy atom. The summed E-state index contributed by atoms with van der Waals surface area (Å²) in [5.74, 6) is -4.09. The van der Waals surface area contributed by atoms with Gasteiger partial charge >= 0.3 is 5.97 Å². The van der Waals surface area contributed by atoms with E-state index in [1.807, 2.05) is 0 Å². The molecule has 4 unspecified atom stereocenters. The third-order valence-corrected chi connectivity index (χ3v) is 6.26. The first-order chi connectivity index (χ1) is 19.0. The predicted molar refractivity (Wildman–Crippen MR) is 145 cm³/mol. The van der Waals surface area contributed by atoms with Crippen molar-refractivity contribution in [2.75, 3.05) is 13.1 Å². The van der Waals surface area contributed by atoms with Crippen molar-refractivity contribution in [2.45, 2.75) is 69.1 Å². The van der Waals surface area contributed by atoms with Gasteiger partial charge in [-0.2, -0.15) is 0 Å². The standard InChI is InChI=1S/C25H38N8O7/c26-20(35)10-9-18(23(38)33-19(24(39)40)13-14-5-7-15(34)8-6-14)32-22(37)17(4-2-12-30-25(27)28)31-21(36)16-3-1-11-29-16/h5-8,16-19,29,34H,1-4,9-13H2,(H2,26,35)(H,31,36)(H,32,37)(H,33,38)(H,39,40)(H4,27,28,30). The maximum Gasteiger partial charge on any atom is 0.326 e. The molecule has 1 heterocycles. The molecular weight excluding hydrogens is 524 g/mol. The van der Waals surface area contributed by atoms with Crippen molar-refractivity contribution >= 4 is 35.6 Å². The lowest BCUT2D eigenvalue weighted by Gasteiger charge is -2.25. The van der Waals surface area contributed by atoms with E-state index >= 15 is 0 Å². The van der Waals surface area contributed by atoms with Crippen LogP contribution in [-0.2, 0) is 30.4 Å². The van der Waals surface area contributed by atoms with E-state index < -0.39 is 47.9 Å². The van der Waals surface area contributed by atoms with Gasteiger partial charge in [0.05, 0.1) is 6.04 Å². The van der Waals surface area contributed by atoms with Crippen LogP contribution >= 0.6 is 0 Å². The number of carboxylic acid groups (broad SMARTS) is 1. The number of carbonyl (C=O) groups is 5. The Morgan fingerprint density at radius 3 is 2.12 bits per heavy atom. The molecule has 1 fully saturated rings. The van der Waals surface area contributed by atoms with Crippen molar-refractivity contribution in [1.29, 1.82) is 0 Å². The van der Waals surface area contributed by atoms with Crippen LogP contribution < -0.4 is 38.5 Å². The van der Waals surface area contributed by atoms with Crippen LogP contribution in [-0.4, -0.2) is 83.0 Å². The van der Waals surface area contributed by atoms with Gasteiger partial charge in [0.2, 0.25) is 23.6 Å². The van der Waals surface area contributed by atoms with Crippen molar-refractivity contribution in [3.63, 3.8) is 0 Å². The maximum atomic E-state index is 13.3. The van der Waals surface area contributed by atoms with Crippen molar-refractivity contribution in [3.8, 4) is 5.75 Å². The van der Waals surface area contributed by atoms with Crippen LogP contribution in [0.25, 0.3) is 0 Å². The van der Waals surface area contributed by atoms with Crippen LogP contribution in [0.1, 0.15) is 44.1 Å². The van der Waals surface area contributed by atoms with E-state index in [1.54, 1.807) is 0 Å². The minimum atomic E-state index is -1.37. The molecule has 2 rings (SSSR count). The van der Waals surface area contributed by atoms with E-state index in [9.17, 15) is 34.2 Å². The smallest absolute Gasteiger partial charge is 0.326 e. The van der Waals surface area contributed by atoms with Crippen molar-refractivity contribution < 1.29 is 34.2 Å². The Morgan fingerprint density at radius 2 is 1.57 bits per heavy atom. The number of aliphatic carboxylic acids is 1. The molecule has 0 saturated carbocycles. The largest absolute Gasteiger partial charge is 0.508 e. The summed E-state index contributed by atoms with van der Waals surface area (Å²) in [5, 5.41) is 29.8. The second-order valence-corrected chi connectivity index (χ2v) is 9.50.